The largest absolute Gasteiger partial charge is 0.379 e. The van der Waals surface area contributed by atoms with Gasteiger partial charge < -0.3 is 4.74 Å². The molecule has 0 heterocycles. The van der Waals surface area contributed by atoms with Gasteiger partial charge in [-0.3, -0.25) is 0 Å². The fourth-order valence-corrected chi connectivity index (χ4v) is 4.85. The third kappa shape index (κ3) is 9.07. The van der Waals surface area contributed by atoms with E-state index in [0.29, 0.717) is 6.10 Å². The zero-order valence-electron chi connectivity index (χ0n) is 17.9. The van der Waals surface area contributed by atoms with Crippen LogP contribution in [0.1, 0.15) is 117 Å². The number of hydrogen-bond acceptors (Lipinski definition) is 1. The summed E-state index contributed by atoms with van der Waals surface area (Å²) in [4.78, 5) is 0. The van der Waals surface area contributed by atoms with Crippen molar-refractivity contribution in [3.8, 4) is 0 Å². The summed E-state index contributed by atoms with van der Waals surface area (Å²) < 4.78 is 5.73. The zero-order valence-corrected chi connectivity index (χ0v) is 17.9. The monoisotopic (exact) mass is 362 g/mol. The van der Waals surface area contributed by atoms with Gasteiger partial charge in [-0.25, -0.2) is 0 Å². The van der Waals surface area contributed by atoms with Gasteiger partial charge in [-0.2, -0.15) is 0 Å². The van der Waals surface area contributed by atoms with Crippen LogP contribution in [0.15, 0.2) is 12.2 Å². The van der Waals surface area contributed by atoms with Gasteiger partial charge in [-0.1, -0.05) is 70.4 Å². The Kier molecular flexibility index (Phi) is 11.0. The van der Waals surface area contributed by atoms with E-state index in [0.717, 1.165) is 30.8 Å². The van der Waals surface area contributed by atoms with Crippen molar-refractivity contribution in [2.75, 3.05) is 6.61 Å². The highest BCUT2D eigenvalue weighted by molar-refractivity contribution is 5.06. The second kappa shape index (κ2) is 13.0. The summed E-state index contributed by atoms with van der Waals surface area (Å²) >= 11 is 0. The molecule has 4 unspecified atom stereocenters. The molecule has 4 atom stereocenters. The highest BCUT2D eigenvalue weighted by atomic mass is 16.5. The smallest absolute Gasteiger partial charge is 0.0547 e. The number of rotatable bonds is 16. The van der Waals surface area contributed by atoms with Crippen molar-refractivity contribution in [3.05, 3.63) is 12.2 Å². The first-order valence-corrected chi connectivity index (χ1v) is 12.0. The molecule has 0 aromatic carbocycles. The average Bonchev–Trinajstić information content (AvgIpc) is 3.42. The molecule has 0 aliphatic heterocycles. The lowest BCUT2D eigenvalue weighted by atomic mass is 9.82. The van der Waals surface area contributed by atoms with Crippen LogP contribution in [-0.2, 0) is 4.74 Å². The van der Waals surface area contributed by atoms with Crippen LogP contribution in [0, 0.1) is 17.8 Å². The van der Waals surface area contributed by atoms with Crippen molar-refractivity contribution in [1.82, 2.24) is 0 Å². The Balaban J connectivity index is 1.30. The van der Waals surface area contributed by atoms with Crippen LogP contribution in [0.2, 0.25) is 0 Å². The Morgan fingerprint density at radius 1 is 0.885 bits per heavy atom. The molecule has 0 N–H and O–H groups in total. The lowest BCUT2D eigenvalue weighted by Crippen LogP contribution is -2.10. The minimum absolute atomic E-state index is 0.462. The lowest BCUT2D eigenvalue weighted by Gasteiger charge is -2.23. The highest BCUT2D eigenvalue weighted by Crippen LogP contribution is 2.52. The van der Waals surface area contributed by atoms with Gasteiger partial charge in [0.15, 0.2) is 0 Å². The normalized spacial score (nSPS) is 25.7. The Labute approximate surface area is 164 Å². The van der Waals surface area contributed by atoms with E-state index in [4.69, 9.17) is 4.74 Å². The summed E-state index contributed by atoms with van der Waals surface area (Å²) in [7, 11) is 0. The molecule has 0 bridgehead atoms. The Morgan fingerprint density at radius 2 is 1.54 bits per heavy atom. The minimum atomic E-state index is 0.462. The average molecular weight is 363 g/mol. The molecule has 2 fully saturated rings. The third-order valence-electron chi connectivity index (χ3n) is 6.83. The van der Waals surface area contributed by atoms with E-state index >= 15 is 0 Å². The summed E-state index contributed by atoms with van der Waals surface area (Å²) in [6.07, 6.45) is 22.8. The molecule has 26 heavy (non-hydrogen) atoms. The number of allylic oxidation sites excluding steroid dienone is 1. The Morgan fingerprint density at radius 3 is 2.19 bits per heavy atom. The van der Waals surface area contributed by atoms with Crippen molar-refractivity contribution in [2.45, 2.75) is 123 Å². The molecule has 0 amide bonds. The molecular weight excluding hydrogens is 316 g/mol. The molecule has 0 saturated heterocycles. The van der Waals surface area contributed by atoms with Gasteiger partial charge in [0.05, 0.1) is 6.10 Å². The highest BCUT2D eigenvalue weighted by Gasteiger charge is 2.42. The van der Waals surface area contributed by atoms with Gasteiger partial charge in [0, 0.05) is 6.61 Å². The van der Waals surface area contributed by atoms with Crippen molar-refractivity contribution in [1.29, 1.82) is 0 Å². The quantitative estimate of drug-likeness (QED) is 0.199. The molecule has 0 radical (unpaired) electrons. The van der Waals surface area contributed by atoms with Gasteiger partial charge in [0.2, 0.25) is 0 Å². The van der Waals surface area contributed by atoms with Gasteiger partial charge in [-0.05, 0) is 76.0 Å². The van der Waals surface area contributed by atoms with Crippen LogP contribution in [0.4, 0.5) is 0 Å². The Bertz CT molecular complexity index is 374. The number of unbranched alkanes of at least 4 members (excludes halogenated alkanes) is 8. The van der Waals surface area contributed by atoms with Crippen molar-refractivity contribution < 1.29 is 4.74 Å². The molecule has 2 saturated carbocycles. The maximum atomic E-state index is 5.73. The van der Waals surface area contributed by atoms with Crippen molar-refractivity contribution >= 4 is 0 Å². The molecular formula is C25H46O. The first kappa shape index (κ1) is 22.0. The van der Waals surface area contributed by atoms with Gasteiger partial charge in [0.25, 0.3) is 0 Å². The minimum Gasteiger partial charge on any atom is -0.379 e. The maximum absolute atomic E-state index is 5.73. The van der Waals surface area contributed by atoms with Gasteiger partial charge >= 0.3 is 0 Å². The van der Waals surface area contributed by atoms with E-state index in [1.54, 1.807) is 5.57 Å². The number of hydrogen-bond donors (Lipinski definition) is 0. The second-order valence-corrected chi connectivity index (χ2v) is 9.33. The summed E-state index contributed by atoms with van der Waals surface area (Å²) in [6, 6.07) is 0. The predicted molar refractivity (Wildman–Crippen MR) is 115 cm³/mol. The Hall–Kier alpha value is -0.300. The fraction of sp³-hybridized carbons (Fsp3) is 0.920. The van der Waals surface area contributed by atoms with Crippen LogP contribution in [0.5, 0.6) is 0 Å². The van der Waals surface area contributed by atoms with E-state index in [2.05, 4.69) is 20.4 Å². The molecule has 0 aromatic rings. The molecule has 1 heteroatoms. The molecule has 1 nitrogen and oxygen atoms in total. The topological polar surface area (TPSA) is 9.23 Å². The molecule has 0 spiro atoms. The summed E-state index contributed by atoms with van der Waals surface area (Å²) in [5.41, 5.74) is 1.59. The molecule has 152 valence electrons. The van der Waals surface area contributed by atoms with E-state index < -0.39 is 0 Å². The van der Waals surface area contributed by atoms with E-state index in [1.165, 1.54) is 96.3 Å². The first-order valence-electron chi connectivity index (χ1n) is 12.0. The summed E-state index contributed by atoms with van der Waals surface area (Å²) in [5.74, 6) is 3.10. The van der Waals surface area contributed by atoms with E-state index in [1.807, 2.05) is 0 Å². The molecule has 2 rings (SSSR count). The molecule has 0 aromatic heterocycles. The summed E-state index contributed by atoms with van der Waals surface area (Å²) in [6.45, 7) is 9.76. The van der Waals surface area contributed by atoms with Crippen LogP contribution < -0.4 is 0 Å². The van der Waals surface area contributed by atoms with Crippen LogP contribution in [-0.4, -0.2) is 12.7 Å². The lowest BCUT2D eigenvalue weighted by molar-refractivity contribution is 0.0589. The zero-order chi connectivity index (χ0) is 18.6. The SMILES string of the molecule is C=C(CCCCCCCCCCCC(C)OCCC)C1CCC2CC2C1. The van der Waals surface area contributed by atoms with Crippen LogP contribution in [0.3, 0.4) is 0 Å². The standard InChI is InChI=1S/C25H46O/c1-4-18-26-22(3)15-13-11-9-7-5-6-8-10-12-14-21(2)23-16-17-24-20-25(24)19-23/h22-25H,2,4-20H2,1,3H3. The van der Waals surface area contributed by atoms with Gasteiger partial charge in [-0.15, -0.1) is 0 Å². The van der Waals surface area contributed by atoms with Crippen LogP contribution >= 0.6 is 0 Å². The summed E-state index contributed by atoms with van der Waals surface area (Å²) in [5, 5.41) is 0. The second-order valence-electron chi connectivity index (χ2n) is 9.33. The number of fused-ring (bicyclic) bond motifs is 1. The van der Waals surface area contributed by atoms with Crippen LogP contribution in [0.25, 0.3) is 0 Å². The van der Waals surface area contributed by atoms with E-state index in [9.17, 15) is 0 Å². The number of ether oxygens (including phenoxy) is 1. The van der Waals surface area contributed by atoms with Crippen molar-refractivity contribution in [2.24, 2.45) is 17.8 Å². The fourth-order valence-electron chi connectivity index (χ4n) is 4.85. The van der Waals surface area contributed by atoms with Gasteiger partial charge in [0.1, 0.15) is 0 Å². The molecule has 2 aliphatic carbocycles. The van der Waals surface area contributed by atoms with Crippen molar-refractivity contribution in [3.63, 3.8) is 0 Å². The third-order valence-corrected chi connectivity index (χ3v) is 6.83. The maximum Gasteiger partial charge on any atom is 0.0547 e. The first-order chi connectivity index (χ1) is 12.7. The van der Waals surface area contributed by atoms with E-state index in [-0.39, 0.29) is 0 Å². The predicted octanol–water partition coefficient (Wildman–Crippen LogP) is 8.09. The molecule has 2 aliphatic rings.